The number of fused-ring (bicyclic) bond motifs is 1. The molecule has 1 N–H and O–H groups in total. The molecule has 0 bridgehead atoms. The Labute approximate surface area is 128 Å². The van der Waals surface area contributed by atoms with Crippen LogP contribution in [0.4, 0.5) is 0 Å². The molecule has 0 aliphatic carbocycles. The van der Waals surface area contributed by atoms with Crippen molar-refractivity contribution in [3.8, 4) is 0 Å². The number of halogens is 1. The van der Waals surface area contributed by atoms with E-state index in [0.717, 1.165) is 32.8 Å². The smallest absolute Gasteiger partial charge is 0.0507 e. The van der Waals surface area contributed by atoms with Crippen LogP contribution in [0.15, 0.2) is 28.7 Å². The fraction of sp³-hybridized carbons (Fsp3) is 0.500. The van der Waals surface area contributed by atoms with Crippen LogP contribution < -0.4 is 5.32 Å². The fourth-order valence-electron chi connectivity index (χ4n) is 2.92. The summed E-state index contributed by atoms with van der Waals surface area (Å²) in [6.45, 7) is 7.10. The van der Waals surface area contributed by atoms with Gasteiger partial charge in [0.2, 0.25) is 0 Å². The summed E-state index contributed by atoms with van der Waals surface area (Å²) in [4.78, 5) is 0. The lowest BCUT2D eigenvalue weighted by molar-refractivity contribution is 0.185. The highest BCUT2D eigenvalue weighted by atomic mass is 79.9. The number of rotatable bonds is 5. The Kier molecular flexibility index (Phi) is 4.44. The fourth-order valence-corrected chi connectivity index (χ4v) is 3.47. The van der Waals surface area contributed by atoms with E-state index in [4.69, 9.17) is 4.74 Å². The van der Waals surface area contributed by atoms with E-state index in [9.17, 15) is 0 Å². The molecule has 1 fully saturated rings. The molecule has 2 aromatic rings. The maximum Gasteiger partial charge on any atom is 0.0507 e. The van der Waals surface area contributed by atoms with E-state index in [1.54, 1.807) is 0 Å². The second kappa shape index (κ2) is 6.29. The molecular weight excluding hydrogens is 316 g/mol. The Balaban J connectivity index is 1.63. The minimum Gasteiger partial charge on any atom is -0.381 e. The van der Waals surface area contributed by atoms with Crippen LogP contribution in [0, 0.1) is 12.8 Å². The molecule has 20 heavy (non-hydrogen) atoms. The quantitative estimate of drug-likeness (QED) is 0.847. The summed E-state index contributed by atoms with van der Waals surface area (Å²) in [6, 6.07) is 8.56. The molecule has 1 aliphatic rings. The summed E-state index contributed by atoms with van der Waals surface area (Å²) in [5, 5.41) is 4.86. The molecule has 0 amide bonds. The third-order valence-corrected chi connectivity index (χ3v) is 5.12. The molecule has 1 atom stereocenters. The number of aromatic nitrogens is 1. The predicted octanol–water partition coefficient (Wildman–Crippen LogP) is 3.34. The van der Waals surface area contributed by atoms with Gasteiger partial charge in [0.1, 0.15) is 0 Å². The molecule has 2 heterocycles. The Morgan fingerprint density at radius 3 is 3.05 bits per heavy atom. The van der Waals surface area contributed by atoms with Gasteiger partial charge in [-0.15, -0.1) is 0 Å². The predicted molar refractivity (Wildman–Crippen MR) is 86.2 cm³/mol. The van der Waals surface area contributed by atoms with Crippen molar-refractivity contribution in [3.05, 3.63) is 34.4 Å². The second-order valence-corrected chi connectivity index (χ2v) is 6.29. The van der Waals surface area contributed by atoms with Gasteiger partial charge in [-0.2, -0.15) is 0 Å². The van der Waals surface area contributed by atoms with Crippen molar-refractivity contribution in [2.24, 2.45) is 5.92 Å². The molecule has 3 nitrogen and oxygen atoms in total. The van der Waals surface area contributed by atoms with Gasteiger partial charge in [0.05, 0.1) is 6.61 Å². The van der Waals surface area contributed by atoms with Gasteiger partial charge in [-0.05, 0) is 41.3 Å². The molecule has 108 valence electrons. The third kappa shape index (κ3) is 2.78. The lowest BCUT2D eigenvalue weighted by atomic mass is 10.1. The van der Waals surface area contributed by atoms with E-state index in [1.807, 2.05) is 0 Å². The Bertz CT molecular complexity index is 587. The number of hydrogen-bond donors (Lipinski definition) is 1. The maximum absolute atomic E-state index is 5.40. The average Bonchev–Trinajstić information content (AvgIpc) is 3.06. The zero-order valence-electron chi connectivity index (χ0n) is 11.9. The first-order chi connectivity index (χ1) is 9.77. The van der Waals surface area contributed by atoms with Crippen LogP contribution in [-0.2, 0) is 11.3 Å². The molecule has 1 aliphatic heterocycles. The van der Waals surface area contributed by atoms with Crippen molar-refractivity contribution in [3.63, 3.8) is 0 Å². The Morgan fingerprint density at radius 1 is 1.40 bits per heavy atom. The van der Waals surface area contributed by atoms with Gasteiger partial charge in [0, 0.05) is 47.3 Å². The van der Waals surface area contributed by atoms with Crippen molar-refractivity contribution in [1.29, 1.82) is 0 Å². The van der Waals surface area contributed by atoms with Gasteiger partial charge in [-0.1, -0.05) is 18.2 Å². The number of nitrogens with zero attached hydrogens (tertiary/aromatic N) is 1. The highest BCUT2D eigenvalue weighted by Crippen LogP contribution is 2.30. The van der Waals surface area contributed by atoms with Gasteiger partial charge >= 0.3 is 0 Å². The van der Waals surface area contributed by atoms with Gasteiger partial charge in [-0.3, -0.25) is 0 Å². The van der Waals surface area contributed by atoms with Gasteiger partial charge in [0.25, 0.3) is 0 Å². The zero-order valence-corrected chi connectivity index (χ0v) is 13.4. The van der Waals surface area contributed by atoms with E-state index < -0.39 is 0 Å². The monoisotopic (exact) mass is 336 g/mol. The lowest BCUT2D eigenvalue weighted by Gasteiger charge is -2.12. The van der Waals surface area contributed by atoms with Crippen LogP contribution in [0.5, 0.6) is 0 Å². The van der Waals surface area contributed by atoms with Crippen molar-refractivity contribution in [1.82, 2.24) is 9.88 Å². The van der Waals surface area contributed by atoms with Crippen molar-refractivity contribution in [2.45, 2.75) is 19.9 Å². The minimum absolute atomic E-state index is 0.698. The molecule has 3 rings (SSSR count). The number of ether oxygens (including phenoxy) is 1. The SMILES string of the molecule is Cc1c(Br)c2ccccc2n1CCNCC1CCOC1. The summed E-state index contributed by atoms with van der Waals surface area (Å²) < 4.78 is 9.01. The number of hydrogen-bond acceptors (Lipinski definition) is 2. The van der Waals surface area contributed by atoms with E-state index in [2.05, 4.69) is 57.0 Å². The molecule has 4 heteroatoms. The minimum atomic E-state index is 0.698. The highest BCUT2D eigenvalue weighted by molar-refractivity contribution is 9.10. The molecule has 1 aromatic carbocycles. The van der Waals surface area contributed by atoms with E-state index in [1.165, 1.54) is 27.5 Å². The number of nitrogens with one attached hydrogen (secondary N) is 1. The zero-order chi connectivity index (χ0) is 13.9. The molecule has 1 saturated heterocycles. The van der Waals surface area contributed by atoms with Crippen molar-refractivity contribution in [2.75, 3.05) is 26.3 Å². The summed E-state index contributed by atoms with van der Waals surface area (Å²) >= 11 is 3.71. The highest BCUT2D eigenvalue weighted by Gasteiger charge is 2.15. The lowest BCUT2D eigenvalue weighted by Crippen LogP contribution is -2.26. The first-order valence-electron chi connectivity index (χ1n) is 7.29. The van der Waals surface area contributed by atoms with Gasteiger partial charge < -0.3 is 14.6 Å². The summed E-state index contributed by atoms with van der Waals surface area (Å²) in [5.41, 5.74) is 2.61. The van der Waals surface area contributed by atoms with E-state index >= 15 is 0 Å². The molecule has 0 radical (unpaired) electrons. The van der Waals surface area contributed by atoms with Crippen LogP contribution in [-0.4, -0.2) is 30.9 Å². The maximum atomic E-state index is 5.40. The topological polar surface area (TPSA) is 26.2 Å². The van der Waals surface area contributed by atoms with E-state index in [-0.39, 0.29) is 0 Å². The first kappa shape index (κ1) is 14.1. The molecule has 0 saturated carbocycles. The Hall–Kier alpha value is -0.840. The number of para-hydroxylation sites is 1. The largest absolute Gasteiger partial charge is 0.381 e. The average molecular weight is 337 g/mol. The second-order valence-electron chi connectivity index (χ2n) is 5.50. The molecule has 1 aromatic heterocycles. The molecular formula is C16H21BrN2O. The standard InChI is InChI=1S/C16H21BrN2O/c1-12-16(17)14-4-2-3-5-15(14)19(12)8-7-18-10-13-6-9-20-11-13/h2-5,13,18H,6-11H2,1H3. The van der Waals surface area contributed by atoms with Crippen LogP contribution in [0.25, 0.3) is 10.9 Å². The van der Waals surface area contributed by atoms with Crippen molar-refractivity contribution >= 4 is 26.8 Å². The van der Waals surface area contributed by atoms with Gasteiger partial charge in [0.15, 0.2) is 0 Å². The molecule has 1 unspecified atom stereocenters. The number of benzene rings is 1. The van der Waals surface area contributed by atoms with E-state index in [0.29, 0.717) is 5.92 Å². The van der Waals surface area contributed by atoms with Crippen molar-refractivity contribution < 1.29 is 4.74 Å². The normalized spacial score (nSPS) is 19.0. The third-order valence-electron chi connectivity index (χ3n) is 4.12. The summed E-state index contributed by atoms with van der Waals surface area (Å²) in [6.07, 6.45) is 1.20. The van der Waals surface area contributed by atoms with Crippen LogP contribution >= 0.6 is 15.9 Å². The first-order valence-corrected chi connectivity index (χ1v) is 8.08. The van der Waals surface area contributed by atoms with Crippen LogP contribution in [0.2, 0.25) is 0 Å². The van der Waals surface area contributed by atoms with Crippen LogP contribution in [0.1, 0.15) is 12.1 Å². The summed E-state index contributed by atoms with van der Waals surface area (Å²) in [5.74, 6) is 0.698. The Morgan fingerprint density at radius 2 is 2.25 bits per heavy atom. The van der Waals surface area contributed by atoms with Gasteiger partial charge in [-0.25, -0.2) is 0 Å². The summed E-state index contributed by atoms with van der Waals surface area (Å²) in [7, 11) is 0. The molecule has 0 spiro atoms. The van der Waals surface area contributed by atoms with Crippen LogP contribution in [0.3, 0.4) is 0 Å².